The fourth-order valence-corrected chi connectivity index (χ4v) is 3.23. The van der Waals surface area contributed by atoms with E-state index in [0.717, 1.165) is 31.2 Å². The summed E-state index contributed by atoms with van der Waals surface area (Å²) in [4.78, 5) is 35.6. The number of carboxylic acids is 1. The number of rotatable bonds is 10. The van der Waals surface area contributed by atoms with E-state index in [9.17, 15) is 14.4 Å². The van der Waals surface area contributed by atoms with Gasteiger partial charge in [0.2, 0.25) is 0 Å². The molecule has 1 amide bonds. The number of ether oxygens (including phenoxy) is 1. The molecule has 0 aromatic heterocycles. The van der Waals surface area contributed by atoms with E-state index < -0.39 is 12.1 Å². The summed E-state index contributed by atoms with van der Waals surface area (Å²) >= 11 is 0. The van der Waals surface area contributed by atoms with Gasteiger partial charge in [-0.3, -0.25) is 14.4 Å². The maximum atomic E-state index is 12.5. The molecule has 1 aromatic rings. The SMILES string of the molecule is CCCCCCC1Oc2cc(C(C)C)c(C(=O)CCC(=O)O)cc2NC1=O. The highest BCUT2D eigenvalue weighted by molar-refractivity contribution is 6.03. The van der Waals surface area contributed by atoms with Crippen molar-refractivity contribution in [3.05, 3.63) is 23.3 Å². The fourth-order valence-electron chi connectivity index (χ4n) is 3.23. The number of ketones is 1. The lowest BCUT2D eigenvalue weighted by Gasteiger charge is -2.28. The van der Waals surface area contributed by atoms with Crippen LogP contribution in [0.2, 0.25) is 0 Å². The second-order valence-electron chi connectivity index (χ2n) is 7.35. The molecular formula is C21H29NO5. The molecule has 1 unspecified atom stereocenters. The lowest BCUT2D eigenvalue weighted by molar-refractivity contribution is -0.137. The van der Waals surface area contributed by atoms with Crippen molar-refractivity contribution in [1.82, 2.24) is 0 Å². The number of carboxylic acid groups (broad SMARTS) is 1. The summed E-state index contributed by atoms with van der Waals surface area (Å²) < 4.78 is 5.93. The summed E-state index contributed by atoms with van der Waals surface area (Å²) in [6, 6.07) is 3.44. The number of unbranched alkanes of at least 4 members (excludes halogenated alkanes) is 3. The lowest BCUT2D eigenvalue weighted by atomic mass is 9.91. The predicted molar refractivity (Wildman–Crippen MR) is 104 cm³/mol. The summed E-state index contributed by atoms with van der Waals surface area (Å²) in [5, 5.41) is 11.7. The molecule has 0 fully saturated rings. The number of fused-ring (bicyclic) bond motifs is 1. The van der Waals surface area contributed by atoms with Gasteiger partial charge in [-0.2, -0.15) is 0 Å². The van der Waals surface area contributed by atoms with Crippen LogP contribution in [-0.4, -0.2) is 28.9 Å². The van der Waals surface area contributed by atoms with Gasteiger partial charge in [0.05, 0.1) is 12.1 Å². The topological polar surface area (TPSA) is 92.7 Å². The number of hydrogen-bond acceptors (Lipinski definition) is 4. The molecule has 1 heterocycles. The van der Waals surface area contributed by atoms with E-state index in [0.29, 0.717) is 23.4 Å². The zero-order valence-electron chi connectivity index (χ0n) is 16.3. The Balaban J connectivity index is 2.21. The van der Waals surface area contributed by atoms with Crippen LogP contribution in [0.1, 0.15) is 87.6 Å². The largest absolute Gasteiger partial charge is 0.481 e. The summed E-state index contributed by atoms with van der Waals surface area (Å²) in [6.45, 7) is 6.08. The molecule has 6 nitrogen and oxygen atoms in total. The molecule has 0 saturated carbocycles. The van der Waals surface area contributed by atoms with Crippen LogP contribution in [0.4, 0.5) is 5.69 Å². The van der Waals surface area contributed by atoms with Crippen LogP contribution in [0.15, 0.2) is 12.1 Å². The first-order chi connectivity index (χ1) is 12.8. The molecule has 148 valence electrons. The molecule has 0 radical (unpaired) electrons. The Morgan fingerprint density at radius 1 is 1.19 bits per heavy atom. The molecule has 1 atom stereocenters. The minimum atomic E-state index is -1.00. The van der Waals surface area contributed by atoms with Gasteiger partial charge >= 0.3 is 5.97 Å². The van der Waals surface area contributed by atoms with Gasteiger partial charge < -0.3 is 15.2 Å². The number of anilines is 1. The van der Waals surface area contributed by atoms with Gasteiger partial charge in [0.1, 0.15) is 5.75 Å². The van der Waals surface area contributed by atoms with Gasteiger partial charge in [0, 0.05) is 12.0 Å². The molecule has 0 saturated heterocycles. The zero-order valence-corrected chi connectivity index (χ0v) is 16.3. The number of carbonyl (C=O) groups is 3. The monoisotopic (exact) mass is 375 g/mol. The Labute approximate surface area is 160 Å². The Morgan fingerprint density at radius 2 is 1.93 bits per heavy atom. The number of benzene rings is 1. The summed E-state index contributed by atoms with van der Waals surface area (Å²) in [6.07, 6.45) is 4.17. The highest BCUT2D eigenvalue weighted by atomic mass is 16.5. The van der Waals surface area contributed by atoms with E-state index in [-0.39, 0.29) is 30.4 Å². The van der Waals surface area contributed by atoms with Crippen LogP contribution >= 0.6 is 0 Å². The van der Waals surface area contributed by atoms with E-state index in [1.807, 2.05) is 19.9 Å². The van der Waals surface area contributed by atoms with Gasteiger partial charge in [0.15, 0.2) is 11.9 Å². The van der Waals surface area contributed by atoms with Gasteiger partial charge in [-0.25, -0.2) is 0 Å². The van der Waals surface area contributed by atoms with E-state index >= 15 is 0 Å². The van der Waals surface area contributed by atoms with E-state index in [1.165, 1.54) is 0 Å². The number of hydrogen-bond donors (Lipinski definition) is 2. The molecule has 1 aliphatic heterocycles. The highest BCUT2D eigenvalue weighted by Crippen LogP contribution is 2.36. The molecule has 0 bridgehead atoms. The van der Waals surface area contributed by atoms with Crippen LogP contribution in [0.25, 0.3) is 0 Å². The zero-order chi connectivity index (χ0) is 20.0. The Morgan fingerprint density at radius 3 is 2.56 bits per heavy atom. The first kappa shape index (κ1) is 20.9. The summed E-state index contributed by atoms with van der Waals surface area (Å²) in [5.74, 6) is -0.785. The molecule has 2 N–H and O–H groups in total. The van der Waals surface area contributed by atoms with E-state index in [4.69, 9.17) is 9.84 Å². The second-order valence-corrected chi connectivity index (χ2v) is 7.35. The number of nitrogens with one attached hydrogen (secondary N) is 1. The minimum absolute atomic E-state index is 0.0668. The molecule has 27 heavy (non-hydrogen) atoms. The van der Waals surface area contributed by atoms with Gasteiger partial charge in [-0.15, -0.1) is 0 Å². The van der Waals surface area contributed by atoms with Crippen LogP contribution in [-0.2, 0) is 9.59 Å². The number of amides is 1. The van der Waals surface area contributed by atoms with E-state index in [1.54, 1.807) is 6.07 Å². The maximum absolute atomic E-state index is 12.5. The van der Waals surface area contributed by atoms with Crippen LogP contribution in [0, 0.1) is 0 Å². The third-order valence-electron chi connectivity index (χ3n) is 4.78. The Hall–Kier alpha value is -2.37. The molecule has 0 spiro atoms. The van der Waals surface area contributed by atoms with Crippen molar-refractivity contribution in [2.75, 3.05) is 5.32 Å². The van der Waals surface area contributed by atoms with Gasteiger partial charge in [-0.05, 0) is 36.5 Å². The van der Waals surface area contributed by atoms with Gasteiger partial charge in [-0.1, -0.05) is 40.0 Å². The lowest BCUT2D eigenvalue weighted by Crippen LogP contribution is -2.37. The van der Waals surface area contributed by atoms with Crippen molar-refractivity contribution in [2.45, 2.75) is 77.7 Å². The third kappa shape index (κ3) is 5.55. The first-order valence-corrected chi connectivity index (χ1v) is 9.74. The Kier molecular flexibility index (Phi) is 7.39. The average molecular weight is 375 g/mol. The van der Waals surface area contributed by atoms with Crippen LogP contribution < -0.4 is 10.1 Å². The van der Waals surface area contributed by atoms with Crippen molar-refractivity contribution >= 4 is 23.3 Å². The highest BCUT2D eigenvalue weighted by Gasteiger charge is 2.29. The first-order valence-electron chi connectivity index (χ1n) is 9.74. The minimum Gasteiger partial charge on any atom is -0.481 e. The smallest absolute Gasteiger partial charge is 0.303 e. The Bertz CT molecular complexity index is 711. The maximum Gasteiger partial charge on any atom is 0.303 e. The summed E-state index contributed by atoms with van der Waals surface area (Å²) in [7, 11) is 0. The molecule has 1 aromatic carbocycles. The van der Waals surface area contributed by atoms with Crippen molar-refractivity contribution < 1.29 is 24.2 Å². The molecular weight excluding hydrogens is 346 g/mol. The number of Topliss-reactive ketones (excluding diaryl/α,β-unsaturated/α-hetero) is 1. The van der Waals surface area contributed by atoms with Crippen LogP contribution in [0.3, 0.4) is 0 Å². The number of carbonyl (C=O) groups excluding carboxylic acids is 2. The second kappa shape index (κ2) is 9.53. The molecule has 2 rings (SSSR count). The normalized spacial score (nSPS) is 15.9. The van der Waals surface area contributed by atoms with Crippen molar-refractivity contribution in [2.24, 2.45) is 0 Å². The van der Waals surface area contributed by atoms with Crippen molar-refractivity contribution in [3.8, 4) is 5.75 Å². The summed E-state index contributed by atoms with van der Waals surface area (Å²) in [5.41, 5.74) is 1.74. The van der Waals surface area contributed by atoms with E-state index in [2.05, 4.69) is 12.2 Å². The standard InChI is InChI=1S/C21H29NO5/c1-4-5-6-7-8-18-21(26)22-16-11-15(17(23)9-10-20(24)25)14(13(2)3)12-19(16)27-18/h11-13,18H,4-10H2,1-3H3,(H,22,26)(H,24,25). The quantitative estimate of drug-likeness (QED) is 0.463. The fraction of sp³-hybridized carbons (Fsp3) is 0.571. The third-order valence-corrected chi connectivity index (χ3v) is 4.78. The number of aliphatic carboxylic acids is 1. The molecule has 1 aliphatic rings. The average Bonchev–Trinajstić information content (AvgIpc) is 2.62. The molecule has 0 aliphatic carbocycles. The van der Waals surface area contributed by atoms with Crippen molar-refractivity contribution in [1.29, 1.82) is 0 Å². The van der Waals surface area contributed by atoms with Crippen LogP contribution in [0.5, 0.6) is 5.75 Å². The van der Waals surface area contributed by atoms with Gasteiger partial charge in [0.25, 0.3) is 5.91 Å². The predicted octanol–water partition coefficient (Wildman–Crippen LogP) is 4.53. The van der Waals surface area contributed by atoms with Crippen molar-refractivity contribution in [3.63, 3.8) is 0 Å². The molecule has 6 heteroatoms.